The third-order valence-electron chi connectivity index (χ3n) is 4.08. The number of aromatic nitrogens is 1. The van der Waals surface area contributed by atoms with Gasteiger partial charge >= 0.3 is 0 Å². The van der Waals surface area contributed by atoms with E-state index in [-0.39, 0.29) is 5.91 Å². The van der Waals surface area contributed by atoms with Gasteiger partial charge in [-0.1, -0.05) is 64.1 Å². The number of thiazole rings is 1. The Morgan fingerprint density at radius 3 is 2.72 bits per heavy atom. The lowest BCUT2D eigenvalue weighted by Gasteiger charge is -2.03. The fourth-order valence-corrected chi connectivity index (χ4v) is 5.07. The van der Waals surface area contributed by atoms with Crippen molar-refractivity contribution in [2.24, 2.45) is 5.10 Å². The monoisotopic (exact) mass is 481 g/mol. The van der Waals surface area contributed by atoms with Crippen molar-refractivity contribution >= 4 is 61.4 Å². The van der Waals surface area contributed by atoms with Gasteiger partial charge in [-0.3, -0.25) is 4.79 Å². The lowest BCUT2D eigenvalue weighted by atomic mass is 10.1. The number of rotatable bonds is 6. The first-order valence-electron chi connectivity index (χ1n) is 8.84. The molecular formula is C22H16BrN3OS2. The van der Waals surface area contributed by atoms with Crippen LogP contribution < -0.4 is 5.43 Å². The van der Waals surface area contributed by atoms with Gasteiger partial charge in [-0.25, -0.2) is 10.4 Å². The van der Waals surface area contributed by atoms with Crippen LogP contribution in [0.25, 0.3) is 10.2 Å². The van der Waals surface area contributed by atoms with E-state index in [4.69, 9.17) is 0 Å². The number of amides is 1. The second-order valence-electron chi connectivity index (χ2n) is 6.19. The van der Waals surface area contributed by atoms with Crippen molar-refractivity contribution in [1.29, 1.82) is 0 Å². The fourth-order valence-electron chi connectivity index (χ4n) is 2.63. The van der Waals surface area contributed by atoms with Gasteiger partial charge in [0.05, 0.1) is 16.4 Å². The Morgan fingerprint density at radius 1 is 1.10 bits per heavy atom. The molecule has 0 aliphatic heterocycles. The zero-order valence-electron chi connectivity index (χ0n) is 15.2. The lowest BCUT2D eigenvalue weighted by molar-refractivity contribution is 0.0955. The maximum absolute atomic E-state index is 12.2. The summed E-state index contributed by atoms with van der Waals surface area (Å²) in [6.45, 7) is 0. The second kappa shape index (κ2) is 9.35. The number of carbonyl (C=O) groups excluding carboxylic acids is 1. The average Bonchev–Trinajstić information content (AvgIpc) is 3.16. The van der Waals surface area contributed by atoms with E-state index in [0.29, 0.717) is 5.56 Å². The molecular weight excluding hydrogens is 466 g/mol. The van der Waals surface area contributed by atoms with Crippen LogP contribution in [0.2, 0.25) is 0 Å². The molecule has 4 aromatic rings. The quantitative estimate of drug-likeness (QED) is 0.205. The van der Waals surface area contributed by atoms with Gasteiger partial charge in [0.1, 0.15) is 0 Å². The first-order valence-corrected chi connectivity index (χ1v) is 11.4. The molecule has 3 aromatic carbocycles. The summed E-state index contributed by atoms with van der Waals surface area (Å²) < 4.78 is 3.22. The molecule has 4 nitrogen and oxygen atoms in total. The first-order chi connectivity index (χ1) is 14.2. The normalized spacial score (nSPS) is 11.2. The molecule has 29 heavy (non-hydrogen) atoms. The molecule has 1 heterocycles. The topological polar surface area (TPSA) is 54.4 Å². The molecule has 0 spiro atoms. The molecule has 1 N–H and O–H groups in total. The number of nitrogens with zero attached hydrogens (tertiary/aromatic N) is 2. The van der Waals surface area contributed by atoms with E-state index in [1.165, 1.54) is 4.70 Å². The van der Waals surface area contributed by atoms with Crippen LogP contribution in [0.4, 0.5) is 0 Å². The van der Waals surface area contributed by atoms with E-state index in [0.717, 1.165) is 31.2 Å². The van der Waals surface area contributed by atoms with Crippen molar-refractivity contribution in [3.63, 3.8) is 0 Å². The van der Waals surface area contributed by atoms with Gasteiger partial charge in [0.15, 0.2) is 4.34 Å². The molecule has 0 saturated heterocycles. The standard InChI is InChI=1S/C22H16BrN3OS2/c23-18-5-3-4-16(12-18)13-24-26-21(27)17-10-8-15(9-11-17)14-28-22-25-19-6-1-2-7-20(19)29-22/h1-13H,14H2,(H,26,27). The number of hydrogen-bond donors (Lipinski definition) is 1. The molecule has 1 amide bonds. The van der Waals surface area contributed by atoms with E-state index >= 15 is 0 Å². The van der Waals surface area contributed by atoms with Crippen LogP contribution >= 0.6 is 39.0 Å². The van der Waals surface area contributed by atoms with Gasteiger partial charge in [-0.15, -0.1) is 11.3 Å². The summed E-state index contributed by atoms with van der Waals surface area (Å²) in [5, 5.41) is 4.02. The van der Waals surface area contributed by atoms with Crippen LogP contribution in [0.1, 0.15) is 21.5 Å². The second-order valence-corrected chi connectivity index (χ2v) is 9.36. The Morgan fingerprint density at radius 2 is 1.93 bits per heavy atom. The molecule has 0 unspecified atom stereocenters. The summed E-state index contributed by atoms with van der Waals surface area (Å²) in [5.74, 6) is 0.574. The smallest absolute Gasteiger partial charge is 0.267 e. The number of thioether (sulfide) groups is 1. The molecule has 0 bridgehead atoms. The van der Waals surface area contributed by atoms with E-state index in [9.17, 15) is 4.79 Å². The van der Waals surface area contributed by atoms with E-state index in [1.54, 1.807) is 29.3 Å². The van der Waals surface area contributed by atoms with Gasteiger partial charge in [0, 0.05) is 15.8 Å². The lowest BCUT2D eigenvalue weighted by Crippen LogP contribution is -2.17. The molecule has 0 aliphatic carbocycles. The third kappa shape index (κ3) is 5.32. The van der Waals surface area contributed by atoms with Gasteiger partial charge < -0.3 is 0 Å². The summed E-state index contributed by atoms with van der Waals surface area (Å²) >= 11 is 6.82. The number of hydrogen-bond acceptors (Lipinski definition) is 5. The summed E-state index contributed by atoms with van der Waals surface area (Å²) in [6.07, 6.45) is 1.62. The summed E-state index contributed by atoms with van der Waals surface area (Å²) in [4.78, 5) is 16.9. The fraction of sp³-hybridized carbons (Fsp3) is 0.0455. The van der Waals surface area contributed by atoms with Crippen molar-refractivity contribution < 1.29 is 4.79 Å². The number of para-hydroxylation sites is 1. The van der Waals surface area contributed by atoms with Crippen LogP contribution in [-0.2, 0) is 5.75 Å². The number of benzene rings is 3. The van der Waals surface area contributed by atoms with Crippen molar-refractivity contribution in [3.05, 3.63) is 94.0 Å². The summed E-state index contributed by atoms with van der Waals surface area (Å²) in [5.41, 5.74) is 6.22. The maximum atomic E-state index is 12.2. The van der Waals surface area contributed by atoms with Crippen molar-refractivity contribution in [1.82, 2.24) is 10.4 Å². The molecule has 0 fully saturated rings. The highest BCUT2D eigenvalue weighted by molar-refractivity contribution is 9.10. The molecule has 0 aliphatic rings. The minimum Gasteiger partial charge on any atom is -0.267 e. The Labute approximate surface area is 185 Å². The Bertz CT molecular complexity index is 1140. The molecule has 0 atom stereocenters. The minimum absolute atomic E-state index is 0.235. The zero-order chi connectivity index (χ0) is 20.1. The average molecular weight is 482 g/mol. The number of carbonyl (C=O) groups is 1. The molecule has 144 valence electrons. The highest BCUT2D eigenvalue weighted by Crippen LogP contribution is 2.31. The summed E-state index contributed by atoms with van der Waals surface area (Å²) in [6, 6.07) is 23.4. The minimum atomic E-state index is -0.235. The van der Waals surface area contributed by atoms with E-state index < -0.39 is 0 Å². The van der Waals surface area contributed by atoms with Gasteiger partial charge in [0.2, 0.25) is 0 Å². The molecule has 0 saturated carbocycles. The van der Waals surface area contributed by atoms with Crippen molar-refractivity contribution in [2.45, 2.75) is 10.1 Å². The molecule has 1 aromatic heterocycles. The maximum Gasteiger partial charge on any atom is 0.271 e. The van der Waals surface area contributed by atoms with E-state index in [2.05, 4.69) is 37.5 Å². The van der Waals surface area contributed by atoms with Gasteiger partial charge in [-0.05, 0) is 47.5 Å². The Balaban J connectivity index is 1.32. The van der Waals surface area contributed by atoms with E-state index in [1.807, 2.05) is 66.7 Å². The number of halogens is 1. The van der Waals surface area contributed by atoms with Crippen molar-refractivity contribution in [3.8, 4) is 0 Å². The summed E-state index contributed by atoms with van der Waals surface area (Å²) in [7, 11) is 0. The van der Waals surface area contributed by atoms with Gasteiger partial charge in [0.25, 0.3) is 5.91 Å². The van der Waals surface area contributed by atoms with Crippen LogP contribution in [0, 0.1) is 0 Å². The SMILES string of the molecule is O=C(NN=Cc1cccc(Br)c1)c1ccc(CSc2nc3ccccc3s2)cc1. The Hall–Kier alpha value is -2.48. The predicted molar refractivity (Wildman–Crippen MR) is 125 cm³/mol. The van der Waals surface area contributed by atoms with Crippen LogP contribution in [-0.4, -0.2) is 17.1 Å². The van der Waals surface area contributed by atoms with Crippen LogP contribution in [0.3, 0.4) is 0 Å². The third-order valence-corrected chi connectivity index (χ3v) is 6.82. The highest BCUT2D eigenvalue weighted by atomic mass is 79.9. The molecule has 7 heteroatoms. The zero-order valence-corrected chi connectivity index (χ0v) is 18.4. The highest BCUT2D eigenvalue weighted by Gasteiger charge is 2.06. The Kier molecular flexibility index (Phi) is 6.39. The molecule has 4 rings (SSSR count). The van der Waals surface area contributed by atoms with Gasteiger partial charge in [-0.2, -0.15) is 5.10 Å². The number of hydrazone groups is 1. The number of fused-ring (bicyclic) bond motifs is 1. The largest absolute Gasteiger partial charge is 0.271 e. The predicted octanol–water partition coefficient (Wildman–Crippen LogP) is 6.12. The first kappa shape index (κ1) is 19.8. The number of nitrogens with one attached hydrogen (secondary N) is 1. The van der Waals surface area contributed by atoms with Crippen LogP contribution in [0.5, 0.6) is 0 Å². The van der Waals surface area contributed by atoms with Crippen LogP contribution in [0.15, 0.2) is 86.7 Å². The molecule has 0 radical (unpaired) electrons. The van der Waals surface area contributed by atoms with Crippen molar-refractivity contribution in [2.75, 3.05) is 0 Å².